The Morgan fingerprint density at radius 1 is 1.43 bits per heavy atom. The molecule has 1 aromatic carbocycles. The fraction of sp³-hybridized carbons (Fsp3) is 0.467. The van der Waals surface area contributed by atoms with Crippen LogP contribution in [-0.2, 0) is 10.3 Å². The topological polar surface area (TPSA) is 64.3 Å². The van der Waals surface area contributed by atoms with Crippen molar-refractivity contribution in [2.75, 3.05) is 12.4 Å². The molecule has 2 aromatic rings. The summed E-state index contributed by atoms with van der Waals surface area (Å²) in [6, 6.07) is 5.81. The van der Waals surface area contributed by atoms with Crippen LogP contribution >= 0.6 is 11.8 Å². The lowest BCUT2D eigenvalue weighted by molar-refractivity contribution is -0.133. The summed E-state index contributed by atoms with van der Waals surface area (Å²) in [5.74, 6) is -0.128. The number of hydrogen-bond acceptors (Lipinski definition) is 4. The van der Waals surface area contributed by atoms with Gasteiger partial charge in [-0.2, -0.15) is 0 Å². The molecule has 21 heavy (non-hydrogen) atoms. The summed E-state index contributed by atoms with van der Waals surface area (Å²) in [5, 5.41) is 9.60. The van der Waals surface area contributed by atoms with Crippen LogP contribution in [0, 0.1) is 0 Å². The van der Waals surface area contributed by atoms with Crippen molar-refractivity contribution < 1.29 is 14.6 Å². The summed E-state index contributed by atoms with van der Waals surface area (Å²) >= 11 is 1.23. The van der Waals surface area contributed by atoms with Crippen molar-refractivity contribution in [1.82, 2.24) is 9.55 Å². The Bertz CT molecular complexity index is 659. The van der Waals surface area contributed by atoms with Crippen LogP contribution in [0.1, 0.15) is 27.7 Å². The average Bonchev–Trinajstić information content (AvgIpc) is 2.76. The van der Waals surface area contributed by atoms with Gasteiger partial charge >= 0.3 is 5.97 Å². The number of hydrogen-bond donors (Lipinski definition) is 1. The lowest BCUT2D eigenvalue weighted by atomic mass is 10.1. The number of aliphatic carboxylic acids is 1. The standard InChI is InChI=1S/C15H20N2O3S/c1-5-20-11-8-6-7-10-13(11)16-14(21-9-12(18)19)17(10)15(2,3)4/h6-8H,5,9H2,1-4H3,(H,18,19). The number of aromatic nitrogens is 2. The lowest BCUT2D eigenvalue weighted by Crippen LogP contribution is -2.22. The van der Waals surface area contributed by atoms with Gasteiger partial charge in [-0.1, -0.05) is 17.8 Å². The Labute approximate surface area is 128 Å². The molecule has 0 aliphatic heterocycles. The predicted octanol–water partition coefficient (Wildman–Crippen LogP) is 3.37. The second kappa shape index (κ2) is 5.97. The van der Waals surface area contributed by atoms with Gasteiger partial charge in [0.2, 0.25) is 0 Å². The minimum absolute atomic E-state index is 0.0105. The molecule has 0 unspecified atom stereocenters. The number of para-hydroxylation sites is 1. The largest absolute Gasteiger partial charge is 0.492 e. The molecule has 1 heterocycles. The Kier molecular flexibility index (Phi) is 4.46. The van der Waals surface area contributed by atoms with Gasteiger partial charge in [-0.25, -0.2) is 4.98 Å². The third kappa shape index (κ3) is 3.32. The molecular formula is C15H20N2O3S. The van der Waals surface area contributed by atoms with E-state index in [1.165, 1.54) is 11.8 Å². The molecule has 0 fully saturated rings. The maximum absolute atomic E-state index is 10.8. The van der Waals surface area contributed by atoms with E-state index >= 15 is 0 Å². The van der Waals surface area contributed by atoms with E-state index in [2.05, 4.69) is 30.3 Å². The number of imidazole rings is 1. The van der Waals surface area contributed by atoms with Gasteiger partial charge in [0, 0.05) is 5.54 Å². The van der Waals surface area contributed by atoms with Gasteiger partial charge in [-0.3, -0.25) is 4.79 Å². The van der Waals surface area contributed by atoms with Crippen molar-refractivity contribution in [2.45, 2.75) is 38.4 Å². The van der Waals surface area contributed by atoms with Crippen LogP contribution in [-0.4, -0.2) is 33.0 Å². The first-order chi connectivity index (χ1) is 9.84. The van der Waals surface area contributed by atoms with E-state index in [1.807, 2.05) is 25.1 Å². The normalized spacial score (nSPS) is 11.8. The van der Waals surface area contributed by atoms with Crippen molar-refractivity contribution in [2.24, 2.45) is 0 Å². The van der Waals surface area contributed by atoms with Gasteiger partial charge in [0.15, 0.2) is 5.16 Å². The summed E-state index contributed by atoms with van der Waals surface area (Å²) in [6.45, 7) is 8.73. The molecule has 1 N–H and O–H groups in total. The SMILES string of the molecule is CCOc1cccc2c1nc(SCC(=O)O)n2C(C)(C)C. The van der Waals surface area contributed by atoms with Crippen LogP contribution in [0.15, 0.2) is 23.4 Å². The Hall–Kier alpha value is -1.69. The summed E-state index contributed by atoms with van der Waals surface area (Å²) in [5.41, 5.74) is 1.55. The minimum atomic E-state index is -0.849. The number of benzene rings is 1. The fourth-order valence-electron chi connectivity index (χ4n) is 2.20. The Morgan fingerprint density at radius 2 is 2.14 bits per heavy atom. The van der Waals surface area contributed by atoms with Crippen molar-refractivity contribution in [1.29, 1.82) is 0 Å². The number of carboxylic acid groups (broad SMARTS) is 1. The zero-order valence-electron chi connectivity index (χ0n) is 12.7. The molecule has 5 nitrogen and oxygen atoms in total. The van der Waals surface area contributed by atoms with E-state index in [-0.39, 0.29) is 11.3 Å². The van der Waals surface area contributed by atoms with E-state index < -0.39 is 5.97 Å². The first-order valence-corrected chi connectivity index (χ1v) is 7.82. The summed E-state index contributed by atoms with van der Waals surface area (Å²) in [7, 11) is 0. The number of carbonyl (C=O) groups is 1. The van der Waals surface area contributed by atoms with Crippen LogP contribution in [0.25, 0.3) is 11.0 Å². The number of nitrogens with zero attached hydrogens (tertiary/aromatic N) is 2. The number of thioether (sulfide) groups is 1. The highest BCUT2D eigenvalue weighted by Gasteiger charge is 2.23. The third-order valence-corrected chi connectivity index (χ3v) is 3.84. The summed E-state index contributed by atoms with van der Waals surface area (Å²) < 4.78 is 7.69. The molecule has 0 spiro atoms. The first-order valence-electron chi connectivity index (χ1n) is 6.84. The van der Waals surface area contributed by atoms with E-state index in [4.69, 9.17) is 9.84 Å². The lowest BCUT2D eigenvalue weighted by Gasteiger charge is -2.24. The van der Waals surface area contributed by atoms with E-state index in [9.17, 15) is 4.79 Å². The minimum Gasteiger partial charge on any atom is -0.492 e. The van der Waals surface area contributed by atoms with E-state index in [0.29, 0.717) is 11.8 Å². The second-order valence-corrected chi connectivity index (χ2v) is 6.58. The van der Waals surface area contributed by atoms with Gasteiger partial charge in [0.1, 0.15) is 11.3 Å². The molecule has 114 valence electrons. The van der Waals surface area contributed by atoms with Crippen molar-refractivity contribution in [3.63, 3.8) is 0 Å². The number of ether oxygens (including phenoxy) is 1. The van der Waals surface area contributed by atoms with Crippen LogP contribution in [0.2, 0.25) is 0 Å². The van der Waals surface area contributed by atoms with Crippen LogP contribution in [0.5, 0.6) is 5.75 Å². The maximum Gasteiger partial charge on any atom is 0.313 e. The molecule has 0 saturated heterocycles. The summed E-state index contributed by atoms with van der Waals surface area (Å²) in [6.07, 6.45) is 0. The van der Waals surface area contributed by atoms with Crippen LogP contribution in [0.4, 0.5) is 0 Å². The average molecular weight is 308 g/mol. The fourth-order valence-corrected chi connectivity index (χ4v) is 3.11. The smallest absolute Gasteiger partial charge is 0.313 e. The highest BCUT2D eigenvalue weighted by Crippen LogP contribution is 2.34. The van der Waals surface area contributed by atoms with Crippen molar-refractivity contribution in [3.8, 4) is 5.75 Å². The quantitative estimate of drug-likeness (QED) is 0.858. The molecule has 6 heteroatoms. The second-order valence-electron chi connectivity index (χ2n) is 5.64. The summed E-state index contributed by atoms with van der Waals surface area (Å²) in [4.78, 5) is 15.4. The van der Waals surface area contributed by atoms with Gasteiger partial charge in [0.05, 0.1) is 17.9 Å². The maximum atomic E-state index is 10.8. The zero-order chi connectivity index (χ0) is 15.6. The molecule has 0 aliphatic carbocycles. The van der Waals surface area contributed by atoms with E-state index in [0.717, 1.165) is 16.8 Å². The molecule has 0 radical (unpaired) electrons. The van der Waals surface area contributed by atoms with Gasteiger partial charge in [-0.05, 0) is 39.8 Å². The molecule has 0 saturated carbocycles. The number of fused-ring (bicyclic) bond motifs is 1. The monoisotopic (exact) mass is 308 g/mol. The molecule has 0 bridgehead atoms. The molecule has 0 amide bonds. The molecule has 0 aliphatic rings. The molecule has 0 atom stereocenters. The zero-order valence-corrected chi connectivity index (χ0v) is 13.5. The molecule has 2 rings (SSSR count). The third-order valence-electron chi connectivity index (χ3n) is 2.91. The van der Waals surface area contributed by atoms with Gasteiger partial charge in [0.25, 0.3) is 0 Å². The Morgan fingerprint density at radius 3 is 2.71 bits per heavy atom. The van der Waals surface area contributed by atoms with E-state index in [1.54, 1.807) is 0 Å². The predicted molar refractivity (Wildman–Crippen MR) is 84.3 cm³/mol. The molecule has 1 aromatic heterocycles. The van der Waals surface area contributed by atoms with Gasteiger partial charge < -0.3 is 14.4 Å². The number of carboxylic acids is 1. The number of rotatable bonds is 5. The first kappa shape index (κ1) is 15.7. The van der Waals surface area contributed by atoms with Crippen molar-refractivity contribution in [3.05, 3.63) is 18.2 Å². The molecular weight excluding hydrogens is 288 g/mol. The van der Waals surface area contributed by atoms with Crippen LogP contribution in [0.3, 0.4) is 0 Å². The Balaban J connectivity index is 2.60. The highest BCUT2D eigenvalue weighted by atomic mass is 32.2. The van der Waals surface area contributed by atoms with Crippen molar-refractivity contribution >= 4 is 28.8 Å². The van der Waals surface area contributed by atoms with Gasteiger partial charge in [-0.15, -0.1) is 0 Å². The van der Waals surface area contributed by atoms with Crippen LogP contribution < -0.4 is 4.74 Å². The highest BCUT2D eigenvalue weighted by molar-refractivity contribution is 7.99.